The van der Waals surface area contributed by atoms with Gasteiger partial charge in [0.05, 0.1) is 12.4 Å². The van der Waals surface area contributed by atoms with E-state index in [0.717, 1.165) is 12.8 Å². The van der Waals surface area contributed by atoms with E-state index in [2.05, 4.69) is 6.92 Å². The van der Waals surface area contributed by atoms with Gasteiger partial charge in [-0.25, -0.2) is 0 Å². The highest BCUT2D eigenvalue weighted by Gasteiger charge is 2.02. The van der Waals surface area contributed by atoms with Crippen LogP contribution in [0.1, 0.15) is 45.4 Å². The Morgan fingerprint density at radius 2 is 1.60 bits per heavy atom. The summed E-state index contributed by atoms with van der Waals surface area (Å²) in [5.74, 6) is -0.303. The first-order valence-electron chi connectivity index (χ1n) is 5.59. The number of rotatable bonds is 10. The number of hydrogen-bond acceptors (Lipinski definition) is 3. The Bertz CT molecular complexity index is 224. The summed E-state index contributed by atoms with van der Waals surface area (Å²) in [6.45, 7) is 2.86. The lowest BCUT2D eigenvalue weighted by Gasteiger charge is -2.02. The zero-order chi connectivity index (χ0) is 11.6. The fourth-order valence-corrected chi connectivity index (χ4v) is 1.58. The van der Waals surface area contributed by atoms with E-state index in [0.29, 0.717) is 6.61 Å². The first-order chi connectivity index (χ1) is 7.06. The Kier molecular flexibility index (Phi) is 9.04. The lowest BCUT2D eigenvalue weighted by molar-refractivity contribution is 0.143. The number of hydrogen-bond donors (Lipinski definition) is 1. The molecule has 92 valence electrons. The lowest BCUT2D eigenvalue weighted by atomic mass is 10.1. The van der Waals surface area contributed by atoms with Crippen molar-refractivity contribution in [3.8, 4) is 0 Å². The van der Waals surface area contributed by atoms with Crippen molar-refractivity contribution < 1.29 is 17.7 Å². The monoisotopic (exact) mass is 238 g/mol. The summed E-state index contributed by atoms with van der Waals surface area (Å²) in [6.07, 6.45) is 7.10. The molecule has 0 amide bonds. The number of unbranched alkanes of at least 4 members (excludes halogenated alkanes) is 5. The SMILES string of the molecule is CCCCCCCCOCCS(=O)(=O)O. The van der Waals surface area contributed by atoms with Crippen LogP contribution in [0.4, 0.5) is 0 Å². The molecule has 0 bridgehead atoms. The van der Waals surface area contributed by atoms with Gasteiger partial charge in [0.2, 0.25) is 0 Å². The molecular weight excluding hydrogens is 216 g/mol. The predicted octanol–water partition coefficient (Wildman–Crippen LogP) is 2.25. The molecular formula is C10H22O4S. The minimum Gasteiger partial charge on any atom is -0.380 e. The highest BCUT2D eigenvalue weighted by Crippen LogP contribution is 2.04. The molecule has 0 aromatic rings. The highest BCUT2D eigenvalue weighted by molar-refractivity contribution is 7.85. The summed E-state index contributed by atoms with van der Waals surface area (Å²) >= 11 is 0. The Morgan fingerprint density at radius 1 is 1.00 bits per heavy atom. The van der Waals surface area contributed by atoms with E-state index in [1.54, 1.807) is 0 Å². The maximum absolute atomic E-state index is 10.3. The third-order valence-electron chi connectivity index (χ3n) is 2.13. The van der Waals surface area contributed by atoms with Crippen molar-refractivity contribution in [1.29, 1.82) is 0 Å². The van der Waals surface area contributed by atoms with Gasteiger partial charge in [-0.3, -0.25) is 4.55 Å². The molecule has 0 rings (SSSR count). The summed E-state index contributed by atoms with van der Waals surface area (Å²) in [5.41, 5.74) is 0. The molecule has 0 heterocycles. The molecule has 15 heavy (non-hydrogen) atoms. The first-order valence-corrected chi connectivity index (χ1v) is 7.20. The van der Waals surface area contributed by atoms with Crippen LogP contribution in [-0.4, -0.2) is 31.9 Å². The molecule has 5 heteroatoms. The van der Waals surface area contributed by atoms with Crippen LogP contribution in [0, 0.1) is 0 Å². The molecule has 0 fully saturated rings. The average Bonchev–Trinajstić information content (AvgIpc) is 2.14. The van der Waals surface area contributed by atoms with Crippen LogP contribution in [0.2, 0.25) is 0 Å². The Labute approximate surface area is 92.8 Å². The molecule has 0 aromatic heterocycles. The molecule has 0 saturated heterocycles. The second-order valence-electron chi connectivity index (χ2n) is 3.67. The van der Waals surface area contributed by atoms with Gasteiger partial charge in [-0.15, -0.1) is 0 Å². The normalized spacial score (nSPS) is 11.9. The third-order valence-corrected chi connectivity index (χ3v) is 2.81. The minimum absolute atomic E-state index is 0.0911. The van der Waals surface area contributed by atoms with Crippen molar-refractivity contribution in [2.24, 2.45) is 0 Å². The zero-order valence-electron chi connectivity index (χ0n) is 9.44. The van der Waals surface area contributed by atoms with Crippen molar-refractivity contribution in [1.82, 2.24) is 0 Å². The van der Waals surface area contributed by atoms with Crippen LogP contribution in [-0.2, 0) is 14.9 Å². The fraction of sp³-hybridized carbons (Fsp3) is 1.00. The number of ether oxygens (including phenoxy) is 1. The second kappa shape index (κ2) is 9.12. The van der Waals surface area contributed by atoms with Gasteiger partial charge in [0.15, 0.2) is 0 Å². The van der Waals surface area contributed by atoms with E-state index >= 15 is 0 Å². The zero-order valence-corrected chi connectivity index (χ0v) is 10.3. The van der Waals surface area contributed by atoms with Crippen molar-refractivity contribution >= 4 is 10.1 Å². The van der Waals surface area contributed by atoms with Gasteiger partial charge in [-0.05, 0) is 6.42 Å². The van der Waals surface area contributed by atoms with Crippen LogP contribution in [0.25, 0.3) is 0 Å². The van der Waals surface area contributed by atoms with E-state index in [9.17, 15) is 8.42 Å². The minimum atomic E-state index is -3.85. The van der Waals surface area contributed by atoms with E-state index in [1.165, 1.54) is 25.7 Å². The van der Waals surface area contributed by atoms with Crippen LogP contribution < -0.4 is 0 Å². The van der Waals surface area contributed by atoms with Gasteiger partial charge in [0.25, 0.3) is 10.1 Å². The summed E-state index contributed by atoms with van der Waals surface area (Å²) in [5, 5.41) is 0. The highest BCUT2D eigenvalue weighted by atomic mass is 32.2. The molecule has 0 aromatic carbocycles. The van der Waals surface area contributed by atoms with E-state index in [-0.39, 0.29) is 12.4 Å². The van der Waals surface area contributed by atoms with Gasteiger partial charge in [-0.1, -0.05) is 39.0 Å². The summed E-state index contributed by atoms with van der Waals surface area (Å²) in [7, 11) is -3.85. The molecule has 0 atom stereocenters. The van der Waals surface area contributed by atoms with E-state index < -0.39 is 10.1 Å². The Hall–Kier alpha value is -0.130. The van der Waals surface area contributed by atoms with Crippen LogP contribution in [0.3, 0.4) is 0 Å². The molecule has 0 aliphatic heterocycles. The largest absolute Gasteiger partial charge is 0.380 e. The van der Waals surface area contributed by atoms with Gasteiger partial charge in [0.1, 0.15) is 0 Å². The Balaban J connectivity index is 3.06. The summed E-state index contributed by atoms with van der Waals surface area (Å²) in [4.78, 5) is 0. The van der Waals surface area contributed by atoms with Gasteiger partial charge in [0, 0.05) is 6.61 Å². The summed E-state index contributed by atoms with van der Waals surface area (Å²) in [6, 6.07) is 0. The van der Waals surface area contributed by atoms with Gasteiger partial charge in [-0.2, -0.15) is 8.42 Å². The summed E-state index contributed by atoms with van der Waals surface area (Å²) < 4.78 is 34.1. The quantitative estimate of drug-likeness (QED) is 0.468. The van der Waals surface area contributed by atoms with E-state index in [4.69, 9.17) is 9.29 Å². The van der Waals surface area contributed by atoms with Crippen LogP contribution in [0.5, 0.6) is 0 Å². The molecule has 0 radical (unpaired) electrons. The van der Waals surface area contributed by atoms with Crippen molar-refractivity contribution in [3.63, 3.8) is 0 Å². The smallest absolute Gasteiger partial charge is 0.267 e. The molecule has 0 aliphatic carbocycles. The lowest BCUT2D eigenvalue weighted by Crippen LogP contribution is -2.11. The Morgan fingerprint density at radius 3 is 2.20 bits per heavy atom. The predicted molar refractivity (Wildman–Crippen MR) is 60.6 cm³/mol. The van der Waals surface area contributed by atoms with Crippen molar-refractivity contribution in [2.45, 2.75) is 45.4 Å². The molecule has 4 nitrogen and oxygen atoms in total. The fourth-order valence-electron chi connectivity index (χ4n) is 1.25. The molecule has 0 spiro atoms. The first kappa shape index (κ1) is 14.9. The second-order valence-corrected chi connectivity index (χ2v) is 5.24. The standard InChI is InChI=1S/C10H22O4S/c1-2-3-4-5-6-7-8-14-9-10-15(11,12)13/h2-10H2,1H3,(H,11,12,13). The molecule has 0 saturated carbocycles. The van der Waals surface area contributed by atoms with Crippen LogP contribution in [0.15, 0.2) is 0 Å². The van der Waals surface area contributed by atoms with E-state index in [1.807, 2.05) is 0 Å². The molecule has 0 unspecified atom stereocenters. The van der Waals surface area contributed by atoms with Gasteiger partial charge >= 0.3 is 0 Å². The topological polar surface area (TPSA) is 63.6 Å². The molecule has 1 N–H and O–H groups in total. The average molecular weight is 238 g/mol. The van der Waals surface area contributed by atoms with Gasteiger partial charge < -0.3 is 4.74 Å². The van der Waals surface area contributed by atoms with Crippen molar-refractivity contribution in [3.05, 3.63) is 0 Å². The maximum atomic E-state index is 10.3. The maximum Gasteiger partial charge on any atom is 0.267 e. The van der Waals surface area contributed by atoms with Crippen molar-refractivity contribution in [2.75, 3.05) is 19.0 Å². The third kappa shape index (κ3) is 13.9. The molecule has 0 aliphatic rings. The van der Waals surface area contributed by atoms with Crippen LogP contribution >= 0.6 is 0 Å².